The lowest BCUT2D eigenvalue weighted by Crippen LogP contribution is -2.39. The molecule has 4 aliphatic rings. The normalized spacial score (nSPS) is 30.9. The Morgan fingerprint density at radius 3 is 2.71 bits per heavy atom. The topological polar surface area (TPSA) is 117 Å². The number of hydrogen-bond donors (Lipinski definition) is 4. The molecule has 4 N–H and O–H groups in total. The number of carbonyl (C=O) groups excluding carboxylic acids is 2. The number of aromatic nitrogens is 1. The van der Waals surface area contributed by atoms with Crippen LogP contribution in [-0.4, -0.2) is 62.2 Å². The number of benzene rings is 1. The Morgan fingerprint density at radius 2 is 1.97 bits per heavy atom. The molecule has 3 heterocycles. The number of rotatable bonds is 6. The second-order valence-corrected chi connectivity index (χ2v) is 11.3. The molecule has 0 radical (unpaired) electrons. The standard InChI is InChI=1S/C28H36N6O4/c1-14-10-22(25(38-5)31-23(14)26(35)34(2)3)29-24-17-8-6-15(11-21(17)32-33-24)19-13-28(19)18-12-16(37-4)7-9-20(18)30-27(28)36/h7,9-10,12,15,17,19,21,24,29,32-33H,6,8,11,13H2,1-5H3,(H,30,36)/t15?,17?,19-,21?,24?,28-/m0/s1. The number of nitrogens with zero attached hydrogens (tertiary/aromatic N) is 2. The fraction of sp³-hybridized carbons (Fsp3) is 0.536. The third kappa shape index (κ3) is 3.80. The average molecular weight is 521 g/mol. The number of pyridine rings is 1. The number of hydrogen-bond acceptors (Lipinski definition) is 8. The fourth-order valence-electron chi connectivity index (χ4n) is 6.97. The van der Waals surface area contributed by atoms with Crippen molar-refractivity contribution >= 4 is 23.2 Å². The zero-order valence-electron chi connectivity index (χ0n) is 22.6. The van der Waals surface area contributed by atoms with E-state index < -0.39 is 5.41 Å². The first-order valence-electron chi connectivity index (χ1n) is 13.3. The number of carbonyl (C=O) groups is 2. The molecule has 38 heavy (non-hydrogen) atoms. The summed E-state index contributed by atoms with van der Waals surface area (Å²) in [6.07, 6.45) is 4.03. The highest BCUT2D eigenvalue weighted by atomic mass is 16.5. The lowest BCUT2D eigenvalue weighted by molar-refractivity contribution is -0.118. The molecule has 6 atom stereocenters. The number of ether oxygens (including phenoxy) is 2. The summed E-state index contributed by atoms with van der Waals surface area (Å²) in [6, 6.07) is 8.13. The van der Waals surface area contributed by atoms with Crippen LogP contribution in [0.25, 0.3) is 0 Å². The molecule has 202 valence electrons. The van der Waals surface area contributed by atoms with Crippen molar-refractivity contribution in [3.8, 4) is 11.6 Å². The second kappa shape index (κ2) is 9.13. The Morgan fingerprint density at radius 1 is 1.16 bits per heavy atom. The molecule has 1 spiro atoms. The smallest absolute Gasteiger partial charge is 0.272 e. The summed E-state index contributed by atoms with van der Waals surface area (Å²) >= 11 is 0. The van der Waals surface area contributed by atoms with Crippen molar-refractivity contribution in [1.29, 1.82) is 0 Å². The highest BCUT2D eigenvalue weighted by Gasteiger charge is 2.67. The van der Waals surface area contributed by atoms with Gasteiger partial charge >= 0.3 is 0 Å². The van der Waals surface area contributed by atoms with Crippen LogP contribution in [-0.2, 0) is 10.2 Å². The highest BCUT2D eigenvalue weighted by Crippen LogP contribution is 2.65. The maximum Gasteiger partial charge on any atom is 0.272 e. The molecule has 2 aromatic rings. The minimum absolute atomic E-state index is 0.000574. The minimum Gasteiger partial charge on any atom is -0.497 e. The monoisotopic (exact) mass is 520 g/mol. The maximum atomic E-state index is 13.1. The zero-order valence-corrected chi connectivity index (χ0v) is 22.6. The number of fused-ring (bicyclic) bond motifs is 3. The molecule has 10 nitrogen and oxygen atoms in total. The zero-order chi connectivity index (χ0) is 26.8. The van der Waals surface area contributed by atoms with Crippen LogP contribution in [0.4, 0.5) is 11.4 Å². The molecule has 2 amide bonds. The van der Waals surface area contributed by atoms with E-state index >= 15 is 0 Å². The molecule has 2 aliphatic carbocycles. The molecular formula is C28H36N6O4. The Bertz CT molecular complexity index is 1300. The van der Waals surface area contributed by atoms with Gasteiger partial charge in [0.25, 0.3) is 5.91 Å². The Kier molecular flexibility index (Phi) is 5.99. The van der Waals surface area contributed by atoms with Gasteiger partial charge in [0.1, 0.15) is 11.4 Å². The van der Waals surface area contributed by atoms with E-state index in [9.17, 15) is 9.59 Å². The minimum atomic E-state index is -0.409. The van der Waals surface area contributed by atoms with Gasteiger partial charge in [-0.3, -0.25) is 15.0 Å². The molecule has 3 fully saturated rings. The number of amides is 2. The van der Waals surface area contributed by atoms with Crippen LogP contribution >= 0.6 is 0 Å². The van der Waals surface area contributed by atoms with Crippen molar-refractivity contribution in [2.45, 2.75) is 50.2 Å². The summed E-state index contributed by atoms with van der Waals surface area (Å²) < 4.78 is 11.0. The first-order valence-corrected chi connectivity index (χ1v) is 13.3. The van der Waals surface area contributed by atoms with Crippen LogP contribution in [0.15, 0.2) is 24.3 Å². The van der Waals surface area contributed by atoms with Crippen molar-refractivity contribution < 1.29 is 19.1 Å². The summed E-state index contributed by atoms with van der Waals surface area (Å²) in [5, 5.41) is 6.68. The van der Waals surface area contributed by atoms with Crippen LogP contribution in [0.5, 0.6) is 11.6 Å². The van der Waals surface area contributed by atoms with E-state index in [-0.39, 0.29) is 18.0 Å². The quantitative estimate of drug-likeness (QED) is 0.459. The van der Waals surface area contributed by atoms with Gasteiger partial charge in [-0.15, -0.1) is 0 Å². The Hall–Kier alpha value is -3.37. The van der Waals surface area contributed by atoms with E-state index in [1.807, 2.05) is 31.2 Å². The first-order chi connectivity index (χ1) is 18.3. The molecule has 0 bridgehead atoms. The van der Waals surface area contributed by atoms with Crippen molar-refractivity contribution in [1.82, 2.24) is 20.7 Å². The molecule has 1 aromatic heterocycles. The van der Waals surface area contributed by atoms with E-state index in [1.165, 1.54) is 4.90 Å². The van der Waals surface area contributed by atoms with Crippen molar-refractivity contribution in [3.05, 3.63) is 41.1 Å². The van der Waals surface area contributed by atoms with E-state index in [0.29, 0.717) is 35.4 Å². The largest absolute Gasteiger partial charge is 0.497 e. The summed E-state index contributed by atoms with van der Waals surface area (Å²) in [4.78, 5) is 31.7. The molecule has 10 heteroatoms. The molecule has 1 saturated heterocycles. The van der Waals surface area contributed by atoms with Crippen LogP contribution < -0.4 is 31.0 Å². The van der Waals surface area contributed by atoms with Gasteiger partial charge in [0.2, 0.25) is 11.8 Å². The number of nitrogens with one attached hydrogen (secondary N) is 4. The summed E-state index contributed by atoms with van der Waals surface area (Å²) in [5.41, 5.74) is 10.5. The van der Waals surface area contributed by atoms with Gasteiger partial charge in [-0.2, -0.15) is 0 Å². The predicted octanol–water partition coefficient (Wildman–Crippen LogP) is 2.65. The summed E-state index contributed by atoms with van der Waals surface area (Å²) in [6.45, 7) is 1.89. The Balaban J connectivity index is 1.15. The third-order valence-corrected chi connectivity index (χ3v) is 9.03. The number of anilines is 2. The molecule has 6 rings (SSSR count). The van der Waals surface area contributed by atoms with Crippen LogP contribution in [0.2, 0.25) is 0 Å². The molecule has 1 aromatic carbocycles. The first kappa shape index (κ1) is 24.9. The van der Waals surface area contributed by atoms with Gasteiger partial charge in [-0.05, 0) is 79.8 Å². The predicted molar refractivity (Wildman–Crippen MR) is 143 cm³/mol. The van der Waals surface area contributed by atoms with E-state index in [4.69, 9.17) is 9.47 Å². The van der Waals surface area contributed by atoms with E-state index in [0.717, 1.165) is 53.9 Å². The average Bonchev–Trinajstić information content (AvgIpc) is 3.46. The van der Waals surface area contributed by atoms with E-state index in [1.54, 1.807) is 28.3 Å². The van der Waals surface area contributed by atoms with Crippen LogP contribution in [0, 0.1) is 24.7 Å². The summed E-state index contributed by atoms with van der Waals surface area (Å²) in [5.74, 6) is 2.38. The molecule has 2 saturated carbocycles. The Labute approximate surface area is 222 Å². The molecule has 4 unspecified atom stereocenters. The van der Waals surface area contributed by atoms with Crippen molar-refractivity contribution in [3.63, 3.8) is 0 Å². The third-order valence-electron chi connectivity index (χ3n) is 9.03. The van der Waals surface area contributed by atoms with E-state index in [2.05, 4.69) is 26.5 Å². The van der Waals surface area contributed by atoms with Gasteiger partial charge in [0.15, 0.2) is 0 Å². The lowest BCUT2D eigenvalue weighted by Gasteiger charge is -2.34. The summed E-state index contributed by atoms with van der Waals surface area (Å²) in [7, 11) is 6.66. The van der Waals surface area contributed by atoms with Gasteiger partial charge in [0.05, 0.1) is 31.5 Å². The maximum absolute atomic E-state index is 13.1. The second-order valence-electron chi connectivity index (χ2n) is 11.3. The van der Waals surface area contributed by atoms with Gasteiger partial charge < -0.3 is 25.0 Å². The fourth-order valence-corrected chi connectivity index (χ4v) is 6.97. The van der Waals surface area contributed by atoms with Gasteiger partial charge in [-0.1, -0.05) is 0 Å². The number of aryl methyl sites for hydroxylation is 1. The number of hydrazine groups is 1. The van der Waals surface area contributed by atoms with Crippen LogP contribution in [0.3, 0.4) is 0 Å². The lowest BCUT2D eigenvalue weighted by atomic mass is 9.74. The van der Waals surface area contributed by atoms with Crippen molar-refractivity contribution in [2.75, 3.05) is 38.9 Å². The highest BCUT2D eigenvalue weighted by molar-refractivity contribution is 6.09. The van der Waals surface area contributed by atoms with Crippen molar-refractivity contribution in [2.24, 2.45) is 17.8 Å². The molecule has 2 aliphatic heterocycles. The SMILES string of the molecule is COc1ccc2c(c1)[C@]1(C[C@H]1C1CCC3C(C1)NNC3Nc1cc(C)c(C(=O)N(C)C)nc1OC)C(=O)N2. The van der Waals surface area contributed by atoms with Gasteiger partial charge in [-0.25, -0.2) is 10.4 Å². The molecular weight excluding hydrogens is 484 g/mol. The van der Waals surface area contributed by atoms with Gasteiger partial charge in [0, 0.05) is 31.7 Å². The van der Waals surface area contributed by atoms with Crippen LogP contribution in [0.1, 0.15) is 47.3 Å². The number of methoxy groups -OCH3 is 2.